The summed E-state index contributed by atoms with van der Waals surface area (Å²) in [5, 5.41) is 10.7. The van der Waals surface area contributed by atoms with Gasteiger partial charge in [0.1, 0.15) is 11.4 Å². The first-order chi connectivity index (χ1) is 7.13. The normalized spacial score (nSPS) is 9.40. The number of methoxy groups -OCH3 is 1. The molecule has 1 rings (SSSR count). The quantitative estimate of drug-likeness (QED) is 0.432. The molecule has 0 unspecified atom stereocenters. The number of ether oxygens (including phenoxy) is 1. The monoisotopic (exact) mass is 206 g/mol. The van der Waals surface area contributed by atoms with Crippen molar-refractivity contribution < 1.29 is 9.66 Å². The molecule has 0 aliphatic heterocycles. The first kappa shape index (κ1) is 10.9. The van der Waals surface area contributed by atoms with Crippen molar-refractivity contribution in [1.29, 1.82) is 0 Å². The van der Waals surface area contributed by atoms with Crippen LogP contribution in [0.3, 0.4) is 0 Å². The zero-order valence-electron chi connectivity index (χ0n) is 8.27. The van der Waals surface area contributed by atoms with Crippen LogP contribution in [-0.2, 0) is 0 Å². The molecule has 0 heterocycles. The number of nitro groups is 1. The summed E-state index contributed by atoms with van der Waals surface area (Å²) in [4.78, 5) is 13.8. The first-order valence-electron chi connectivity index (χ1n) is 4.09. The fourth-order valence-corrected chi connectivity index (χ4v) is 1.20. The summed E-state index contributed by atoms with van der Waals surface area (Å²) < 4.78 is 4.93. The minimum absolute atomic E-state index is 0.140. The zero-order chi connectivity index (χ0) is 11.4. The van der Waals surface area contributed by atoms with Crippen molar-refractivity contribution >= 4 is 24.2 Å². The van der Waals surface area contributed by atoms with Crippen LogP contribution < -0.4 is 4.74 Å². The van der Waals surface area contributed by atoms with Crippen molar-refractivity contribution in [2.45, 2.75) is 0 Å². The van der Waals surface area contributed by atoms with Crippen LogP contribution in [0.5, 0.6) is 5.75 Å². The van der Waals surface area contributed by atoms with Crippen LogP contribution in [-0.4, -0.2) is 18.8 Å². The van der Waals surface area contributed by atoms with E-state index in [4.69, 9.17) is 4.74 Å². The fourth-order valence-electron chi connectivity index (χ4n) is 1.20. The summed E-state index contributed by atoms with van der Waals surface area (Å²) in [6, 6.07) is 2.92. The number of benzene rings is 1. The molecule has 1 aromatic carbocycles. The Bertz CT molecular complexity index is 427. The number of nitro benzene ring substituents is 1. The number of hydrogen-bond donors (Lipinski definition) is 0. The van der Waals surface area contributed by atoms with Gasteiger partial charge in [0.15, 0.2) is 0 Å². The Morgan fingerprint density at radius 2 is 2.27 bits per heavy atom. The predicted molar refractivity (Wildman–Crippen MR) is 58.9 cm³/mol. The molecule has 0 fully saturated rings. The molecule has 0 aromatic heterocycles. The number of aliphatic imine (C=N–C) groups is 1. The highest BCUT2D eigenvalue weighted by Crippen LogP contribution is 2.35. The van der Waals surface area contributed by atoms with Crippen molar-refractivity contribution in [2.75, 3.05) is 7.11 Å². The Morgan fingerprint density at radius 1 is 1.60 bits per heavy atom. The van der Waals surface area contributed by atoms with Crippen molar-refractivity contribution in [3.05, 3.63) is 34.4 Å². The third kappa shape index (κ3) is 2.01. The molecule has 0 saturated heterocycles. The van der Waals surface area contributed by atoms with Crippen molar-refractivity contribution in [3.8, 4) is 5.75 Å². The van der Waals surface area contributed by atoms with Gasteiger partial charge in [0.2, 0.25) is 0 Å². The second kappa shape index (κ2) is 4.36. The van der Waals surface area contributed by atoms with Gasteiger partial charge in [-0.2, -0.15) is 0 Å². The molecule has 15 heavy (non-hydrogen) atoms. The van der Waals surface area contributed by atoms with E-state index >= 15 is 0 Å². The molecule has 78 valence electrons. The summed E-state index contributed by atoms with van der Waals surface area (Å²) in [7, 11) is 1.44. The lowest BCUT2D eigenvalue weighted by Gasteiger charge is -2.05. The number of hydrogen-bond acceptors (Lipinski definition) is 4. The molecule has 0 spiro atoms. The number of nitrogens with zero attached hydrogens (tertiary/aromatic N) is 2. The lowest BCUT2D eigenvalue weighted by atomic mass is 10.1. The van der Waals surface area contributed by atoms with Gasteiger partial charge in [0.05, 0.1) is 18.1 Å². The van der Waals surface area contributed by atoms with Gasteiger partial charge in [0.25, 0.3) is 5.69 Å². The second-order valence-electron chi connectivity index (χ2n) is 2.70. The van der Waals surface area contributed by atoms with E-state index in [1.54, 1.807) is 6.07 Å². The molecule has 0 radical (unpaired) electrons. The molecule has 5 nitrogen and oxygen atoms in total. The van der Waals surface area contributed by atoms with Crippen LogP contribution in [0.4, 0.5) is 11.4 Å². The van der Waals surface area contributed by atoms with Crippen molar-refractivity contribution in [1.82, 2.24) is 0 Å². The molecule has 1 aromatic rings. The number of rotatable bonds is 4. The maximum absolute atomic E-state index is 10.7. The molecule has 0 atom stereocenters. The minimum atomic E-state index is -0.528. The fraction of sp³-hybridized carbons (Fsp3) is 0.100. The molecule has 0 bridgehead atoms. The highest BCUT2D eigenvalue weighted by Gasteiger charge is 2.17. The Morgan fingerprint density at radius 3 is 2.67 bits per heavy atom. The highest BCUT2D eigenvalue weighted by atomic mass is 16.6. The van der Waals surface area contributed by atoms with E-state index in [-0.39, 0.29) is 11.4 Å². The van der Waals surface area contributed by atoms with Gasteiger partial charge in [0, 0.05) is 5.56 Å². The molecule has 0 N–H and O–H groups in total. The molecule has 0 aliphatic carbocycles. The second-order valence-corrected chi connectivity index (χ2v) is 2.70. The van der Waals surface area contributed by atoms with Crippen LogP contribution in [0.1, 0.15) is 5.56 Å². The molecule has 0 aliphatic rings. The van der Waals surface area contributed by atoms with E-state index in [9.17, 15) is 10.1 Å². The van der Waals surface area contributed by atoms with Gasteiger partial charge in [-0.05, 0) is 12.8 Å². The Balaban J connectivity index is 3.52. The molecular formula is C10H10N2O3. The van der Waals surface area contributed by atoms with E-state index < -0.39 is 4.92 Å². The van der Waals surface area contributed by atoms with E-state index in [1.165, 1.54) is 19.3 Å². The average Bonchev–Trinajstić information content (AvgIpc) is 2.26. The third-order valence-electron chi connectivity index (χ3n) is 1.90. The van der Waals surface area contributed by atoms with E-state index in [0.717, 1.165) is 0 Å². The van der Waals surface area contributed by atoms with E-state index in [2.05, 4.69) is 18.3 Å². The van der Waals surface area contributed by atoms with E-state index in [0.29, 0.717) is 11.3 Å². The van der Waals surface area contributed by atoms with Crippen LogP contribution in [0.2, 0.25) is 0 Å². The lowest BCUT2D eigenvalue weighted by Crippen LogP contribution is -1.92. The zero-order valence-corrected chi connectivity index (χ0v) is 8.27. The minimum Gasteiger partial charge on any atom is -0.496 e. The SMILES string of the molecule is C=Cc1cc(OC)cc([N+](=O)[O-])c1N=C. The highest BCUT2D eigenvalue weighted by molar-refractivity contribution is 5.75. The van der Waals surface area contributed by atoms with Crippen LogP contribution in [0.25, 0.3) is 6.08 Å². The summed E-state index contributed by atoms with van der Waals surface area (Å²) in [6.45, 7) is 6.84. The predicted octanol–water partition coefficient (Wildman–Crippen LogP) is 2.58. The first-order valence-corrected chi connectivity index (χ1v) is 4.09. The summed E-state index contributed by atoms with van der Waals surface area (Å²) in [6.07, 6.45) is 1.47. The topological polar surface area (TPSA) is 64.7 Å². The van der Waals surface area contributed by atoms with Gasteiger partial charge in [-0.1, -0.05) is 12.7 Å². The van der Waals surface area contributed by atoms with Gasteiger partial charge in [-0.15, -0.1) is 0 Å². The molecular weight excluding hydrogens is 196 g/mol. The summed E-state index contributed by atoms with van der Waals surface area (Å²) in [5.74, 6) is 0.393. The molecule has 0 saturated carbocycles. The van der Waals surface area contributed by atoms with Gasteiger partial charge >= 0.3 is 0 Å². The van der Waals surface area contributed by atoms with E-state index in [1.807, 2.05) is 0 Å². The summed E-state index contributed by atoms with van der Waals surface area (Å²) >= 11 is 0. The summed E-state index contributed by atoms with van der Waals surface area (Å²) in [5.41, 5.74) is 0.589. The van der Waals surface area contributed by atoms with Crippen molar-refractivity contribution in [3.63, 3.8) is 0 Å². The maximum Gasteiger partial charge on any atom is 0.299 e. The van der Waals surface area contributed by atoms with Crippen LogP contribution in [0, 0.1) is 10.1 Å². The van der Waals surface area contributed by atoms with Crippen LogP contribution in [0.15, 0.2) is 23.7 Å². The van der Waals surface area contributed by atoms with Gasteiger partial charge in [-0.25, -0.2) is 0 Å². The Hall–Kier alpha value is -2.17. The lowest BCUT2D eigenvalue weighted by molar-refractivity contribution is -0.384. The van der Waals surface area contributed by atoms with Gasteiger partial charge < -0.3 is 4.74 Å². The smallest absolute Gasteiger partial charge is 0.299 e. The molecule has 0 amide bonds. The third-order valence-corrected chi connectivity index (χ3v) is 1.90. The van der Waals surface area contributed by atoms with Crippen LogP contribution >= 0.6 is 0 Å². The van der Waals surface area contributed by atoms with Gasteiger partial charge in [-0.3, -0.25) is 15.1 Å². The maximum atomic E-state index is 10.7. The Labute approximate surface area is 86.9 Å². The largest absolute Gasteiger partial charge is 0.496 e. The standard InChI is InChI=1S/C10H10N2O3/c1-4-7-5-8(15-3)6-9(12(13)14)10(7)11-2/h4-6H,1-2H2,3H3. The van der Waals surface area contributed by atoms with Crippen molar-refractivity contribution in [2.24, 2.45) is 4.99 Å². The molecule has 5 heteroatoms. The average molecular weight is 206 g/mol. The Kier molecular flexibility index (Phi) is 3.17.